The highest BCUT2D eigenvalue weighted by atomic mass is 16.7. The molecule has 0 aromatic rings. The number of carbonyl (C=O) groups excluding carboxylic acids is 1. The van der Waals surface area contributed by atoms with Crippen LogP contribution in [0, 0.1) is 0 Å². The Morgan fingerprint density at radius 3 is 1.29 bits per heavy atom. The fraction of sp³-hybridized carbons (Fsp3) is 0.978. The predicted molar refractivity (Wildman–Crippen MR) is 226 cm³/mol. The molecule has 0 spiro atoms. The number of aliphatic hydroxyl groups excluding tert-OH is 5. The molecule has 1 saturated heterocycles. The third kappa shape index (κ3) is 28.3. The average Bonchev–Trinajstić information content (AvgIpc) is 3.18. The van der Waals surface area contributed by atoms with Gasteiger partial charge in [0.05, 0.1) is 25.4 Å². The second-order valence-corrected chi connectivity index (χ2v) is 16.9. The average molecular weight is 786 g/mol. The smallest absolute Gasteiger partial charge is 0.220 e. The molecule has 0 aromatic heterocycles. The predicted octanol–water partition coefficient (Wildman–Crippen LogP) is 9.95. The summed E-state index contributed by atoms with van der Waals surface area (Å²) >= 11 is 0. The molecule has 6 N–H and O–H groups in total. The van der Waals surface area contributed by atoms with Crippen LogP contribution in [0.5, 0.6) is 0 Å². The number of nitrogens with one attached hydrogen (secondary N) is 1. The number of carbonyl (C=O) groups is 1. The van der Waals surface area contributed by atoms with E-state index in [-0.39, 0.29) is 12.5 Å². The number of hydrogen-bond donors (Lipinski definition) is 6. The van der Waals surface area contributed by atoms with Gasteiger partial charge in [0, 0.05) is 6.42 Å². The highest BCUT2D eigenvalue weighted by molar-refractivity contribution is 5.76. The molecule has 0 aromatic carbocycles. The Kier molecular flexibility index (Phi) is 35.6. The van der Waals surface area contributed by atoms with Crippen LogP contribution in [0.15, 0.2) is 0 Å². The second kappa shape index (κ2) is 37.5. The van der Waals surface area contributed by atoms with Crippen molar-refractivity contribution in [3.63, 3.8) is 0 Å². The first-order chi connectivity index (χ1) is 26.8. The molecule has 7 unspecified atom stereocenters. The molecular weight excluding hydrogens is 695 g/mol. The van der Waals surface area contributed by atoms with E-state index in [4.69, 9.17) is 9.47 Å². The lowest BCUT2D eigenvalue weighted by Crippen LogP contribution is -2.60. The topological polar surface area (TPSA) is 149 Å². The van der Waals surface area contributed by atoms with Crippen LogP contribution in [0.3, 0.4) is 0 Å². The Balaban J connectivity index is 2.05. The summed E-state index contributed by atoms with van der Waals surface area (Å²) in [6.07, 6.45) is 34.9. The highest BCUT2D eigenvalue weighted by Crippen LogP contribution is 2.23. The van der Waals surface area contributed by atoms with E-state index in [1.54, 1.807) is 0 Å². The van der Waals surface area contributed by atoms with Crippen LogP contribution in [0.1, 0.15) is 232 Å². The van der Waals surface area contributed by atoms with Crippen molar-refractivity contribution in [2.45, 2.75) is 275 Å². The van der Waals surface area contributed by atoms with Gasteiger partial charge < -0.3 is 40.3 Å². The lowest BCUT2D eigenvalue weighted by molar-refractivity contribution is -0.302. The Morgan fingerprint density at radius 1 is 0.545 bits per heavy atom. The first-order valence-electron chi connectivity index (χ1n) is 23.7. The normalized spacial score (nSPS) is 21.2. The summed E-state index contributed by atoms with van der Waals surface area (Å²) in [7, 11) is 0. The second-order valence-electron chi connectivity index (χ2n) is 16.9. The molecule has 1 amide bonds. The van der Waals surface area contributed by atoms with Gasteiger partial charge in [0.15, 0.2) is 6.29 Å². The first kappa shape index (κ1) is 52.2. The van der Waals surface area contributed by atoms with Crippen LogP contribution in [0.4, 0.5) is 0 Å². The molecule has 0 saturated carbocycles. The van der Waals surface area contributed by atoms with Gasteiger partial charge in [-0.05, 0) is 12.8 Å². The largest absolute Gasteiger partial charge is 0.394 e. The first-order valence-corrected chi connectivity index (χ1v) is 23.7. The summed E-state index contributed by atoms with van der Waals surface area (Å²) in [4.78, 5) is 12.7. The summed E-state index contributed by atoms with van der Waals surface area (Å²) < 4.78 is 11.2. The fourth-order valence-corrected chi connectivity index (χ4v) is 7.87. The van der Waals surface area contributed by atoms with Crippen LogP contribution >= 0.6 is 0 Å². The third-order valence-corrected chi connectivity index (χ3v) is 11.7. The number of unbranched alkanes of at least 4 members (excludes halogenated alkanes) is 30. The van der Waals surface area contributed by atoms with Crippen molar-refractivity contribution in [2.24, 2.45) is 0 Å². The molecule has 1 fully saturated rings. The molecule has 9 heteroatoms. The number of ether oxygens (including phenoxy) is 2. The molecule has 0 aliphatic carbocycles. The summed E-state index contributed by atoms with van der Waals surface area (Å²) in [6, 6.07) is -0.708. The van der Waals surface area contributed by atoms with E-state index >= 15 is 0 Å². The third-order valence-electron chi connectivity index (χ3n) is 11.7. The van der Waals surface area contributed by atoms with Crippen LogP contribution in [-0.2, 0) is 14.3 Å². The lowest BCUT2D eigenvalue weighted by atomic mass is 9.99. The summed E-state index contributed by atoms with van der Waals surface area (Å²) in [6.45, 7) is 3.72. The number of rotatable bonds is 40. The van der Waals surface area contributed by atoms with Crippen molar-refractivity contribution < 1.29 is 39.8 Å². The van der Waals surface area contributed by atoms with Gasteiger partial charge >= 0.3 is 0 Å². The Hall–Kier alpha value is -0.810. The van der Waals surface area contributed by atoms with E-state index < -0.39 is 49.5 Å². The standard InChI is InChI=1S/C46H91NO8/c1-3-5-7-9-10-11-12-13-14-15-16-17-18-19-20-21-22-23-24-25-26-27-28-29-30-31-32-33-35-40(49)39(47-42(50)36-34-8-6-4-2)38-54-46-45(53)44(52)43(51)41(37-48)55-46/h39-41,43-46,48-49,51-53H,3-38H2,1-2H3,(H,47,50). The van der Waals surface area contributed by atoms with Crippen molar-refractivity contribution >= 4 is 5.91 Å². The van der Waals surface area contributed by atoms with Gasteiger partial charge in [0.1, 0.15) is 24.4 Å². The van der Waals surface area contributed by atoms with Gasteiger partial charge in [-0.3, -0.25) is 4.79 Å². The zero-order chi connectivity index (χ0) is 40.2. The van der Waals surface area contributed by atoms with Gasteiger partial charge in [-0.15, -0.1) is 0 Å². The number of amides is 1. The minimum Gasteiger partial charge on any atom is -0.394 e. The Bertz CT molecular complexity index is 832. The molecule has 7 atom stereocenters. The van der Waals surface area contributed by atoms with E-state index in [1.807, 2.05) is 0 Å². The maximum Gasteiger partial charge on any atom is 0.220 e. The van der Waals surface area contributed by atoms with Crippen LogP contribution in [0.2, 0.25) is 0 Å². The van der Waals surface area contributed by atoms with E-state index in [1.165, 1.54) is 161 Å². The van der Waals surface area contributed by atoms with Crippen LogP contribution in [-0.4, -0.2) is 87.5 Å². The fourth-order valence-electron chi connectivity index (χ4n) is 7.87. The van der Waals surface area contributed by atoms with E-state index in [9.17, 15) is 30.3 Å². The lowest BCUT2D eigenvalue weighted by Gasteiger charge is -2.40. The van der Waals surface area contributed by atoms with Gasteiger partial charge in [0.25, 0.3) is 0 Å². The molecule has 1 rings (SSSR count). The highest BCUT2D eigenvalue weighted by Gasteiger charge is 2.44. The van der Waals surface area contributed by atoms with Crippen molar-refractivity contribution in [1.82, 2.24) is 5.32 Å². The summed E-state index contributed by atoms with van der Waals surface area (Å²) in [5, 5.41) is 53.9. The van der Waals surface area contributed by atoms with E-state index in [0.717, 1.165) is 44.9 Å². The van der Waals surface area contributed by atoms with Crippen LogP contribution in [0.25, 0.3) is 0 Å². The molecular formula is C46H91NO8. The van der Waals surface area contributed by atoms with Gasteiger partial charge in [-0.25, -0.2) is 0 Å². The molecule has 0 bridgehead atoms. The molecule has 328 valence electrons. The van der Waals surface area contributed by atoms with E-state index in [2.05, 4.69) is 19.2 Å². The monoisotopic (exact) mass is 786 g/mol. The van der Waals surface area contributed by atoms with Crippen LogP contribution < -0.4 is 5.32 Å². The SMILES string of the molecule is CCCCCCCCCCCCCCCCCCCCCCCCCCCCCCC(O)C(COC1OC(CO)C(O)C(O)C1O)NC(=O)CCCCCC. The maximum atomic E-state index is 12.7. The maximum absolute atomic E-state index is 12.7. The molecule has 0 radical (unpaired) electrons. The van der Waals surface area contributed by atoms with Crippen molar-refractivity contribution in [3.8, 4) is 0 Å². The van der Waals surface area contributed by atoms with Crippen molar-refractivity contribution in [3.05, 3.63) is 0 Å². The number of hydrogen-bond acceptors (Lipinski definition) is 8. The van der Waals surface area contributed by atoms with Crippen molar-refractivity contribution in [1.29, 1.82) is 0 Å². The Morgan fingerprint density at radius 2 is 0.909 bits per heavy atom. The number of aliphatic hydroxyl groups is 5. The summed E-state index contributed by atoms with van der Waals surface area (Å²) in [5.41, 5.74) is 0. The van der Waals surface area contributed by atoms with Gasteiger partial charge in [-0.1, -0.05) is 213 Å². The zero-order valence-corrected chi connectivity index (χ0v) is 36.0. The summed E-state index contributed by atoms with van der Waals surface area (Å²) in [5.74, 6) is -0.159. The minimum atomic E-state index is -1.55. The molecule has 55 heavy (non-hydrogen) atoms. The quantitative estimate of drug-likeness (QED) is 0.0337. The minimum absolute atomic E-state index is 0.135. The van der Waals surface area contributed by atoms with Crippen molar-refractivity contribution in [2.75, 3.05) is 13.2 Å². The molecule has 1 aliphatic heterocycles. The zero-order valence-electron chi connectivity index (χ0n) is 36.0. The molecule has 1 heterocycles. The van der Waals surface area contributed by atoms with Gasteiger partial charge in [-0.2, -0.15) is 0 Å². The van der Waals surface area contributed by atoms with Gasteiger partial charge in [0.2, 0.25) is 5.91 Å². The molecule has 9 nitrogen and oxygen atoms in total. The molecule has 1 aliphatic rings. The Labute approximate surface area is 338 Å². The van der Waals surface area contributed by atoms with E-state index in [0.29, 0.717) is 12.8 Å².